The van der Waals surface area contributed by atoms with Gasteiger partial charge in [-0.15, -0.1) is 0 Å². The molecule has 1 atom stereocenters. The topological polar surface area (TPSA) is 24.9 Å². The molecule has 0 radical (unpaired) electrons. The Bertz CT molecular complexity index is 622. The lowest BCUT2D eigenvalue weighted by atomic mass is 10.1. The molecule has 2 aromatic rings. The molecule has 0 bridgehead atoms. The van der Waals surface area contributed by atoms with E-state index >= 15 is 0 Å². The van der Waals surface area contributed by atoms with Crippen LogP contribution in [0.4, 0.5) is 27.6 Å². The van der Waals surface area contributed by atoms with Gasteiger partial charge in [0.2, 0.25) is 0 Å². The van der Waals surface area contributed by atoms with E-state index in [1.54, 1.807) is 6.92 Å². The average molecular weight is 302 g/mol. The Morgan fingerprint density at radius 1 is 1.10 bits per heavy atom. The monoisotopic (exact) mass is 302 g/mol. The smallest absolute Gasteiger partial charge is 0.377 e. The van der Waals surface area contributed by atoms with Crippen molar-refractivity contribution in [3.8, 4) is 0 Å². The maximum absolute atomic E-state index is 13.6. The quantitative estimate of drug-likeness (QED) is 0.841. The van der Waals surface area contributed by atoms with Gasteiger partial charge in [-0.2, -0.15) is 13.2 Å². The predicted octanol–water partition coefficient (Wildman–Crippen LogP) is 4.55. The average Bonchev–Trinajstić information content (AvgIpc) is 2.41. The van der Waals surface area contributed by atoms with Gasteiger partial charge in [0, 0.05) is 5.56 Å². The molecular weight excluding hydrogens is 291 g/mol. The molecule has 0 amide bonds. The Hall–Kier alpha value is -2.18. The highest BCUT2D eigenvalue weighted by Gasteiger charge is 2.32. The van der Waals surface area contributed by atoms with Crippen LogP contribution in [-0.2, 0) is 6.18 Å². The van der Waals surface area contributed by atoms with Crippen LogP contribution in [0.15, 0.2) is 36.5 Å². The zero-order valence-corrected chi connectivity index (χ0v) is 10.9. The lowest BCUT2D eigenvalue weighted by Crippen LogP contribution is -2.11. The molecule has 0 saturated heterocycles. The fourth-order valence-corrected chi connectivity index (χ4v) is 1.82. The Morgan fingerprint density at radius 2 is 1.81 bits per heavy atom. The van der Waals surface area contributed by atoms with E-state index in [-0.39, 0.29) is 11.3 Å². The van der Waals surface area contributed by atoms with Gasteiger partial charge in [-0.25, -0.2) is 13.8 Å². The molecule has 1 heterocycles. The zero-order valence-electron chi connectivity index (χ0n) is 10.9. The third-order valence-corrected chi connectivity index (χ3v) is 2.86. The number of nitrogens with zero attached hydrogens (tertiary/aromatic N) is 1. The molecule has 112 valence electrons. The highest BCUT2D eigenvalue weighted by molar-refractivity contribution is 5.44. The van der Waals surface area contributed by atoms with Crippen LogP contribution >= 0.6 is 0 Å². The van der Waals surface area contributed by atoms with E-state index in [2.05, 4.69) is 10.3 Å². The van der Waals surface area contributed by atoms with Crippen LogP contribution in [-0.4, -0.2) is 4.98 Å². The van der Waals surface area contributed by atoms with Gasteiger partial charge < -0.3 is 5.32 Å². The second-order valence-corrected chi connectivity index (χ2v) is 4.46. The Kier molecular flexibility index (Phi) is 4.11. The molecule has 0 aliphatic heterocycles. The van der Waals surface area contributed by atoms with Crippen LogP contribution in [0, 0.1) is 11.6 Å². The van der Waals surface area contributed by atoms with Crippen molar-refractivity contribution in [2.45, 2.75) is 19.1 Å². The van der Waals surface area contributed by atoms with Crippen molar-refractivity contribution in [3.05, 3.63) is 59.4 Å². The van der Waals surface area contributed by atoms with Crippen molar-refractivity contribution in [1.82, 2.24) is 4.98 Å². The first-order valence-corrected chi connectivity index (χ1v) is 6.02. The van der Waals surface area contributed by atoms with Gasteiger partial charge in [0.1, 0.15) is 17.3 Å². The van der Waals surface area contributed by atoms with Crippen molar-refractivity contribution in [1.29, 1.82) is 0 Å². The number of pyridine rings is 1. The van der Waals surface area contributed by atoms with Crippen molar-refractivity contribution < 1.29 is 22.0 Å². The molecule has 0 saturated carbocycles. The van der Waals surface area contributed by atoms with Gasteiger partial charge in [-0.1, -0.05) is 0 Å². The van der Waals surface area contributed by atoms with Crippen molar-refractivity contribution in [2.75, 3.05) is 5.32 Å². The summed E-state index contributed by atoms with van der Waals surface area (Å²) in [5, 5.41) is 2.77. The molecule has 0 aliphatic rings. The molecule has 7 heteroatoms. The summed E-state index contributed by atoms with van der Waals surface area (Å²) in [4.78, 5) is 3.28. The number of anilines is 1. The minimum absolute atomic E-state index is 0.0786. The van der Waals surface area contributed by atoms with E-state index in [0.29, 0.717) is 0 Å². The molecule has 1 unspecified atom stereocenters. The second kappa shape index (κ2) is 5.67. The summed E-state index contributed by atoms with van der Waals surface area (Å²) in [6.07, 6.45) is -3.52. The van der Waals surface area contributed by atoms with Crippen LogP contribution in [0.3, 0.4) is 0 Å². The number of aromatic nitrogens is 1. The summed E-state index contributed by atoms with van der Waals surface area (Å²) in [7, 11) is 0. The molecular formula is C14H11F5N2. The highest BCUT2D eigenvalue weighted by Crippen LogP contribution is 2.28. The largest absolute Gasteiger partial charge is 0.433 e. The summed E-state index contributed by atoms with van der Waals surface area (Å²) in [6.45, 7) is 1.57. The number of nitrogens with one attached hydrogen (secondary N) is 1. The molecule has 1 aromatic heterocycles. The van der Waals surface area contributed by atoms with Gasteiger partial charge in [0.25, 0.3) is 0 Å². The minimum Gasteiger partial charge on any atom is -0.377 e. The molecule has 0 fully saturated rings. The number of hydrogen-bond acceptors (Lipinski definition) is 2. The third kappa shape index (κ3) is 3.68. The highest BCUT2D eigenvalue weighted by atomic mass is 19.4. The van der Waals surface area contributed by atoms with E-state index < -0.39 is 29.5 Å². The van der Waals surface area contributed by atoms with Gasteiger partial charge in [-0.05, 0) is 37.3 Å². The standard InChI is InChI=1S/C14H11F5N2/c1-8(11-6-9(15)2-4-12(11)16)21-10-3-5-13(20-7-10)14(17,18)19/h2-8,21H,1H3. The van der Waals surface area contributed by atoms with E-state index in [1.165, 1.54) is 6.07 Å². The molecule has 2 rings (SSSR count). The van der Waals surface area contributed by atoms with Crippen LogP contribution in [0.2, 0.25) is 0 Å². The number of hydrogen-bond donors (Lipinski definition) is 1. The Morgan fingerprint density at radius 3 is 2.38 bits per heavy atom. The summed E-state index contributed by atoms with van der Waals surface area (Å²) in [5.41, 5.74) is -0.660. The van der Waals surface area contributed by atoms with Crippen LogP contribution in [0.5, 0.6) is 0 Å². The normalized spacial score (nSPS) is 13.0. The summed E-state index contributed by atoms with van der Waals surface area (Å²) >= 11 is 0. The second-order valence-electron chi connectivity index (χ2n) is 4.46. The number of benzene rings is 1. The molecule has 1 N–H and O–H groups in total. The van der Waals surface area contributed by atoms with E-state index in [1.807, 2.05) is 0 Å². The van der Waals surface area contributed by atoms with Crippen molar-refractivity contribution in [2.24, 2.45) is 0 Å². The van der Waals surface area contributed by atoms with Gasteiger partial charge in [0.15, 0.2) is 0 Å². The summed E-state index contributed by atoms with van der Waals surface area (Å²) in [6, 6.07) is 4.39. The maximum Gasteiger partial charge on any atom is 0.433 e. The summed E-state index contributed by atoms with van der Waals surface area (Å²) < 4.78 is 63.8. The summed E-state index contributed by atoms with van der Waals surface area (Å²) in [5.74, 6) is -1.19. The SMILES string of the molecule is CC(Nc1ccc(C(F)(F)F)nc1)c1cc(F)ccc1F. The minimum atomic E-state index is -4.52. The van der Waals surface area contributed by atoms with Gasteiger partial charge in [0.05, 0.1) is 17.9 Å². The fourth-order valence-electron chi connectivity index (χ4n) is 1.82. The first-order valence-electron chi connectivity index (χ1n) is 6.02. The third-order valence-electron chi connectivity index (χ3n) is 2.86. The van der Waals surface area contributed by atoms with Gasteiger partial charge >= 0.3 is 6.18 Å². The zero-order chi connectivity index (χ0) is 15.6. The van der Waals surface area contributed by atoms with Crippen molar-refractivity contribution >= 4 is 5.69 Å². The molecule has 21 heavy (non-hydrogen) atoms. The fraction of sp³-hybridized carbons (Fsp3) is 0.214. The Balaban J connectivity index is 2.16. The first kappa shape index (κ1) is 15.2. The van der Waals surface area contributed by atoms with Crippen molar-refractivity contribution in [3.63, 3.8) is 0 Å². The molecule has 0 spiro atoms. The van der Waals surface area contributed by atoms with Gasteiger partial charge in [-0.3, -0.25) is 0 Å². The van der Waals surface area contributed by atoms with E-state index in [4.69, 9.17) is 0 Å². The lowest BCUT2D eigenvalue weighted by Gasteiger charge is -2.16. The Labute approximate surface area is 117 Å². The van der Waals surface area contributed by atoms with Crippen LogP contribution in [0.1, 0.15) is 24.2 Å². The maximum atomic E-state index is 13.6. The molecule has 2 nitrogen and oxygen atoms in total. The molecule has 0 aliphatic carbocycles. The van der Waals surface area contributed by atoms with E-state index in [0.717, 1.165) is 30.5 Å². The number of halogens is 5. The number of alkyl halides is 3. The predicted molar refractivity (Wildman–Crippen MR) is 67.6 cm³/mol. The van der Waals surface area contributed by atoms with Crippen LogP contribution < -0.4 is 5.32 Å². The lowest BCUT2D eigenvalue weighted by molar-refractivity contribution is -0.141. The van der Waals surface area contributed by atoms with E-state index in [9.17, 15) is 22.0 Å². The molecule has 1 aromatic carbocycles. The first-order chi connectivity index (χ1) is 9.77. The van der Waals surface area contributed by atoms with Crippen LogP contribution in [0.25, 0.3) is 0 Å². The number of rotatable bonds is 3.